The number of aliphatic imine (C=N–C) groups is 2. The molecule has 0 aliphatic carbocycles. The van der Waals surface area contributed by atoms with Gasteiger partial charge in [0.15, 0.2) is 0 Å². The molecule has 0 saturated heterocycles. The van der Waals surface area contributed by atoms with Gasteiger partial charge in [0.25, 0.3) is 5.91 Å². The molecule has 3 heteroatoms. The van der Waals surface area contributed by atoms with Crippen LogP contribution in [0.1, 0.15) is 39.7 Å². The van der Waals surface area contributed by atoms with Crippen LogP contribution in [0.4, 0.5) is 0 Å². The summed E-state index contributed by atoms with van der Waals surface area (Å²) in [5, 5.41) is 1.94. The van der Waals surface area contributed by atoms with Crippen molar-refractivity contribution < 1.29 is 4.79 Å². The van der Waals surface area contributed by atoms with Gasteiger partial charge in [-0.3, -0.25) is 4.79 Å². The number of amides is 1. The van der Waals surface area contributed by atoms with E-state index in [1.807, 2.05) is 58.9 Å². The Labute approximate surface area is 121 Å². The van der Waals surface area contributed by atoms with Crippen molar-refractivity contribution in [3.63, 3.8) is 0 Å². The number of carbonyl (C=O) groups excluding carboxylic acids is 1. The Balaban J connectivity index is 0.000000829. The Bertz CT molecular complexity index is 598. The van der Waals surface area contributed by atoms with Crippen LogP contribution in [0.3, 0.4) is 0 Å². The summed E-state index contributed by atoms with van der Waals surface area (Å²) >= 11 is 0. The lowest BCUT2D eigenvalue weighted by molar-refractivity contribution is -0.116. The van der Waals surface area contributed by atoms with E-state index in [4.69, 9.17) is 0 Å². The van der Waals surface area contributed by atoms with Crippen LogP contribution < -0.4 is 10.4 Å². The van der Waals surface area contributed by atoms with Crippen molar-refractivity contribution >= 4 is 30.6 Å². The molecule has 0 radical (unpaired) electrons. The van der Waals surface area contributed by atoms with E-state index in [1.54, 1.807) is 0 Å². The molecule has 108 valence electrons. The van der Waals surface area contributed by atoms with Gasteiger partial charge in [-0.25, -0.2) is 9.98 Å². The SMILES string of the molecule is C=c1cc(C)cc/c1=C/C1=NC=NC(=O)C1.CC.CC. The fourth-order valence-electron chi connectivity index (χ4n) is 1.56. The lowest BCUT2D eigenvalue weighted by Gasteiger charge is -2.00. The van der Waals surface area contributed by atoms with E-state index in [0.717, 1.165) is 16.1 Å². The number of hydrogen-bond donors (Lipinski definition) is 0. The zero-order valence-corrected chi connectivity index (χ0v) is 13.1. The maximum Gasteiger partial charge on any atom is 0.253 e. The van der Waals surface area contributed by atoms with Crippen molar-refractivity contribution in [1.82, 2.24) is 0 Å². The highest BCUT2D eigenvalue weighted by Gasteiger charge is 2.06. The molecule has 1 aliphatic rings. The van der Waals surface area contributed by atoms with Gasteiger partial charge < -0.3 is 0 Å². The average molecular weight is 272 g/mol. The third kappa shape index (κ3) is 5.74. The largest absolute Gasteiger partial charge is 0.272 e. The van der Waals surface area contributed by atoms with Gasteiger partial charge >= 0.3 is 0 Å². The molecule has 0 unspecified atom stereocenters. The standard InChI is InChI=1S/C13H12N2O.2C2H6/c1-9-3-4-11(10(2)5-9)6-12-7-13(16)15-8-14-12;2*1-2/h3-6,8H,2,7H2,1H3;2*1-2H3/b11-6-;;. The number of carbonyl (C=O) groups is 1. The van der Waals surface area contributed by atoms with Crippen LogP contribution in [-0.4, -0.2) is 18.0 Å². The molecule has 2 rings (SSSR count). The van der Waals surface area contributed by atoms with Gasteiger partial charge in [0, 0.05) is 0 Å². The molecule has 1 heterocycles. The van der Waals surface area contributed by atoms with Crippen LogP contribution in [0.5, 0.6) is 0 Å². The highest BCUT2D eigenvalue weighted by molar-refractivity contribution is 6.22. The molecule has 0 saturated carbocycles. The summed E-state index contributed by atoms with van der Waals surface area (Å²) in [6, 6.07) is 6.00. The van der Waals surface area contributed by atoms with Gasteiger partial charge in [0.2, 0.25) is 0 Å². The van der Waals surface area contributed by atoms with Gasteiger partial charge in [-0.2, -0.15) is 0 Å². The molecule has 0 bridgehead atoms. The summed E-state index contributed by atoms with van der Waals surface area (Å²) in [4.78, 5) is 18.7. The fraction of sp³-hybridized carbons (Fsp3) is 0.353. The first-order valence-corrected chi connectivity index (χ1v) is 7.04. The molecule has 1 aliphatic heterocycles. The second-order valence-electron chi connectivity index (χ2n) is 3.78. The highest BCUT2D eigenvalue weighted by atomic mass is 16.1. The second kappa shape index (κ2) is 9.84. The third-order valence-electron chi connectivity index (χ3n) is 2.38. The molecule has 0 N–H and O–H groups in total. The van der Waals surface area contributed by atoms with Crippen molar-refractivity contribution in [2.75, 3.05) is 0 Å². The van der Waals surface area contributed by atoms with Crippen molar-refractivity contribution in [1.29, 1.82) is 0 Å². The van der Waals surface area contributed by atoms with Crippen molar-refractivity contribution in [2.45, 2.75) is 41.0 Å². The van der Waals surface area contributed by atoms with E-state index in [1.165, 1.54) is 11.9 Å². The van der Waals surface area contributed by atoms with E-state index < -0.39 is 0 Å². The van der Waals surface area contributed by atoms with Gasteiger partial charge in [-0.1, -0.05) is 58.0 Å². The maximum absolute atomic E-state index is 11.1. The third-order valence-corrected chi connectivity index (χ3v) is 2.38. The van der Waals surface area contributed by atoms with Crippen LogP contribution in [-0.2, 0) is 4.79 Å². The summed E-state index contributed by atoms with van der Waals surface area (Å²) < 4.78 is 0. The quantitative estimate of drug-likeness (QED) is 0.775. The lowest BCUT2D eigenvalue weighted by Crippen LogP contribution is -2.25. The van der Waals surface area contributed by atoms with Crippen LogP contribution in [0.25, 0.3) is 12.7 Å². The number of aryl methyl sites for hydroxylation is 1. The predicted molar refractivity (Wildman–Crippen MR) is 88.7 cm³/mol. The van der Waals surface area contributed by atoms with E-state index >= 15 is 0 Å². The Kier molecular flexibility index (Phi) is 8.84. The smallest absolute Gasteiger partial charge is 0.253 e. The minimum absolute atomic E-state index is 0.154. The highest BCUT2D eigenvalue weighted by Crippen LogP contribution is 1.97. The Morgan fingerprint density at radius 1 is 1.20 bits per heavy atom. The second-order valence-corrected chi connectivity index (χ2v) is 3.78. The predicted octanol–water partition coefficient (Wildman–Crippen LogP) is 2.64. The monoisotopic (exact) mass is 272 g/mol. The van der Waals surface area contributed by atoms with Gasteiger partial charge in [0.05, 0.1) is 12.1 Å². The molecule has 0 aromatic heterocycles. The average Bonchev–Trinajstić information content (AvgIpc) is 2.46. The van der Waals surface area contributed by atoms with Crippen molar-refractivity contribution in [3.8, 4) is 0 Å². The van der Waals surface area contributed by atoms with Crippen molar-refractivity contribution in [3.05, 3.63) is 34.2 Å². The van der Waals surface area contributed by atoms with Gasteiger partial charge in [-0.15, -0.1) is 0 Å². The number of benzene rings is 1. The Morgan fingerprint density at radius 2 is 1.85 bits per heavy atom. The van der Waals surface area contributed by atoms with E-state index in [0.29, 0.717) is 0 Å². The minimum Gasteiger partial charge on any atom is -0.272 e. The summed E-state index contributed by atoms with van der Waals surface area (Å²) in [5.74, 6) is -0.154. The molecule has 3 nitrogen and oxygen atoms in total. The number of nitrogens with zero attached hydrogens (tertiary/aromatic N) is 2. The first kappa shape index (κ1) is 18.0. The van der Waals surface area contributed by atoms with Crippen LogP contribution in [0, 0.1) is 6.92 Å². The normalized spacial score (nSPS) is 13.8. The Hall–Kier alpha value is -2.03. The molecule has 0 fully saturated rings. The molecule has 1 aromatic carbocycles. The van der Waals surface area contributed by atoms with E-state index in [-0.39, 0.29) is 12.3 Å². The number of rotatable bonds is 1. The molecule has 20 heavy (non-hydrogen) atoms. The summed E-state index contributed by atoms with van der Waals surface area (Å²) in [7, 11) is 0. The maximum atomic E-state index is 11.1. The minimum atomic E-state index is -0.154. The zero-order valence-electron chi connectivity index (χ0n) is 13.1. The van der Waals surface area contributed by atoms with Gasteiger partial charge in [0.1, 0.15) is 6.34 Å². The van der Waals surface area contributed by atoms with Crippen LogP contribution >= 0.6 is 0 Å². The van der Waals surface area contributed by atoms with Crippen LogP contribution in [0.15, 0.2) is 28.2 Å². The molecular formula is C17H24N2O. The van der Waals surface area contributed by atoms with Crippen LogP contribution in [0.2, 0.25) is 0 Å². The molecular weight excluding hydrogens is 248 g/mol. The molecule has 0 atom stereocenters. The number of hydrogen-bond acceptors (Lipinski definition) is 2. The molecule has 1 aromatic rings. The molecule has 1 amide bonds. The van der Waals surface area contributed by atoms with Gasteiger partial charge in [-0.05, 0) is 23.4 Å². The topological polar surface area (TPSA) is 41.8 Å². The van der Waals surface area contributed by atoms with E-state index in [2.05, 4.69) is 16.6 Å². The molecule has 0 spiro atoms. The lowest BCUT2D eigenvalue weighted by atomic mass is 10.1. The zero-order chi connectivity index (χ0) is 15.5. The van der Waals surface area contributed by atoms with Crippen molar-refractivity contribution in [2.24, 2.45) is 9.98 Å². The summed E-state index contributed by atoms with van der Waals surface area (Å²) in [6.07, 6.45) is 3.45. The first-order chi connectivity index (χ1) is 9.65. The van der Waals surface area contributed by atoms with E-state index in [9.17, 15) is 4.79 Å². The fourth-order valence-corrected chi connectivity index (χ4v) is 1.56. The first-order valence-electron chi connectivity index (χ1n) is 7.04. The summed E-state index contributed by atoms with van der Waals surface area (Å²) in [6.45, 7) is 14.0. The summed E-state index contributed by atoms with van der Waals surface area (Å²) in [5.41, 5.74) is 1.90. The Morgan fingerprint density at radius 3 is 2.40 bits per heavy atom.